The third-order valence-electron chi connectivity index (χ3n) is 5.21. The molecule has 1 aromatic carbocycles. The molecular weight excluding hydrogens is 304 g/mol. The number of nitrogens with zero attached hydrogens (tertiary/aromatic N) is 2. The molecule has 0 aliphatic carbocycles. The second-order valence-corrected chi connectivity index (χ2v) is 6.55. The molecule has 0 saturated carbocycles. The van der Waals surface area contributed by atoms with E-state index in [1.165, 1.54) is 12.8 Å². The summed E-state index contributed by atoms with van der Waals surface area (Å²) < 4.78 is 11.0. The van der Waals surface area contributed by atoms with Gasteiger partial charge in [-0.2, -0.15) is 0 Å². The van der Waals surface area contributed by atoms with E-state index >= 15 is 0 Å². The van der Waals surface area contributed by atoms with Crippen LogP contribution in [-0.4, -0.2) is 61.6 Å². The van der Waals surface area contributed by atoms with E-state index < -0.39 is 0 Å². The summed E-state index contributed by atoms with van der Waals surface area (Å²) in [4.78, 5) is 17.5. The molecule has 2 aliphatic rings. The average molecular weight is 330 g/mol. The second-order valence-electron chi connectivity index (χ2n) is 6.55. The number of hydrogen-bond donors (Lipinski definition) is 0. The molecule has 5 heteroatoms. The van der Waals surface area contributed by atoms with Gasteiger partial charge in [-0.1, -0.05) is 12.7 Å². The van der Waals surface area contributed by atoms with Gasteiger partial charge in [0.25, 0.3) is 5.91 Å². The lowest BCUT2D eigenvalue weighted by atomic mass is 10.1. The summed E-state index contributed by atoms with van der Waals surface area (Å²) in [5.41, 5.74) is 0.595. The van der Waals surface area contributed by atoms with Crippen molar-refractivity contribution in [2.75, 3.05) is 33.9 Å². The summed E-state index contributed by atoms with van der Waals surface area (Å²) in [6, 6.07) is 6.46. The molecule has 2 unspecified atom stereocenters. The molecule has 24 heavy (non-hydrogen) atoms. The first kappa shape index (κ1) is 16.8. The molecule has 2 atom stereocenters. The number of benzene rings is 1. The van der Waals surface area contributed by atoms with E-state index in [9.17, 15) is 4.79 Å². The largest absolute Gasteiger partial charge is 0.497 e. The predicted molar refractivity (Wildman–Crippen MR) is 93.8 cm³/mol. The van der Waals surface area contributed by atoms with E-state index in [4.69, 9.17) is 9.47 Å². The Hall–Kier alpha value is -2.01. The maximum atomic E-state index is 13.1. The first-order chi connectivity index (χ1) is 11.6. The van der Waals surface area contributed by atoms with Crippen molar-refractivity contribution in [2.45, 2.75) is 31.3 Å². The van der Waals surface area contributed by atoms with Crippen molar-refractivity contribution >= 4 is 5.91 Å². The van der Waals surface area contributed by atoms with Crippen LogP contribution in [0, 0.1) is 0 Å². The van der Waals surface area contributed by atoms with E-state index in [1.54, 1.807) is 25.3 Å². The Morgan fingerprint density at radius 1 is 1.33 bits per heavy atom. The van der Waals surface area contributed by atoms with Gasteiger partial charge < -0.3 is 14.4 Å². The standard InChI is InChI=1S/C19H26N2O3/c1-4-11-24-18-12-16(23-3)7-8-17(18)19(22)21-10-9-14-5-6-15(13-21)20(14)2/h4,7-8,12,14-15H,1,5-6,9-11,13H2,2-3H3. The first-order valence-electron chi connectivity index (χ1n) is 8.57. The van der Waals surface area contributed by atoms with Crippen molar-refractivity contribution in [3.8, 4) is 11.5 Å². The minimum Gasteiger partial charge on any atom is -0.497 e. The van der Waals surface area contributed by atoms with Gasteiger partial charge in [-0.3, -0.25) is 9.69 Å². The number of fused-ring (bicyclic) bond motifs is 2. The van der Waals surface area contributed by atoms with Crippen LogP contribution in [0.25, 0.3) is 0 Å². The highest BCUT2D eigenvalue weighted by Crippen LogP contribution is 2.31. The number of ether oxygens (including phenoxy) is 2. The smallest absolute Gasteiger partial charge is 0.257 e. The fourth-order valence-electron chi connectivity index (χ4n) is 3.74. The van der Waals surface area contributed by atoms with Crippen LogP contribution >= 0.6 is 0 Å². The van der Waals surface area contributed by atoms with Crippen LogP contribution in [0.15, 0.2) is 30.9 Å². The lowest BCUT2D eigenvalue weighted by Gasteiger charge is -2.26. The minimum absolute atomic E-state index is 0.0395. The third kappa shape index (κ3) is 3.26. The van der Waals surface area contributed by atoms with Gasteiger partial charge in [0.2, 0.25) is 0 Å². The van der Waals surface area contributed by atoms with E-state index in [0.29, 0.717) is 35.8 Å². The molecule has 0 N–H and O–H groups in total. The fourth-order valence-corrected chi connectivity index (χ4v) is 3.74. The van der Waals surface area contributed by atoms with Crippen LogP contribution in [0.5, 0.6) is 11.5 Å². The Morgan fingerprint density at radius 3 is 2.88 bits per heavy atom. The SMILES string of the molecule is C=CCOc1cc(OC)ccc1C(=O)N1CCC2CCC(C1)N2C. The van der Waals surface area contributed by atoms with Crippen molar-refractivity contribution in [3.05, 3.63) is 36.4 Å². The maximum Gasteiger partial charge on any atom is 0.257 e. The molecule has 5 nitrogen and oxygen atoms in total. The Bertz CT molecular complexity index is 617. The van der Waals surface area contributed by atoms with Gasteiger partial charge in [0.15, 0.2) is 0 Å². The fraction of sp³-hybridized carbons (Fsp3) is 0.526. The number of methoxy groups -OCH3 is 1. The zero-order valence-electron chi connectivity index (χ0n) is 14.5. The number of hydrogen-bond acceptors (Lipinski definition) is 4. The predicted octanol–water partition coefficient (Wildman–Crippen LogP) is 2.57. The molecule has 1 amide bonds. The van der Waals surface area contributed by atoms with Crippen LogP contribution in [-0.2, 0) is 0 Å². The number of carbonyl (C=O) groups excluding carboxylic acids is 1. The summed E-state index contributed by atoms with van der Waals surface area (Å²) in [5.74, 6) is 1.28. The summed E-state index contributed by atoms with van der Waals surface area (Å²) in [6.45, 7) is 5.63. The van der Waals surface area contributed by atoms with Crippen molar-refractivity contribution in [2.24, 2.45) is 0 Å². The monoisotopic (exact) mass is 330 g/mol. The zero-order valence-corrected chi connectivity index (χ0v) is 14.5. The lowest BCUT2D eigenvalue weighted by molar-refractivity contribution is 0.0736. The van der Waals surface area contributed by atoms with Gasteiger partial charge in [-0.15, -0.1) is 0 Å². The Kier molecular flexibility index (Phi) is 5.09. The Balaban J connectivity index is 1.82. The molecule has 0 radical (unpaired) electrons. The van der Waals surface area contributed by atoms with Crippen molar-refractivity contribution in [3.63, 3.8) is 0 Å². The van der Waals surface area contributed by atoms with Crippen molar-refractivity contribution in [1.82, 2.24) is 9.80 Å². The van der Waals surface area contributed by atoms with Crippen LogP contribution in [0.2, 0.25) is 0 Å². The summed E-state index contributed by atoms with van der Waals surface area (Å²) in [5, 5.41) is 0. The van der Waals surface area contributed by atoms with E-state index in [-0.39, 0.29) is 5.91 Å². The lowest BCUT2D eigenvalue weighted by Crippen LogP contribution is -2.39. The van der Waals surface area contributed by atoms with Gasteiger partial charge in [0.1, 0.15) is 18.1 Å². The molecule has 1 aromatic rings. The van der Waals surface area contributed by atoms with Gasteiger partial charge >= 0.3 is 0 Å². The van der Waals surface area contributed by atoms with Crippen LogP contribution in [0.1, 0.15) is 29.6 Å². The molecular formula is C19H26N2O3. The van der Waals surface area contributed by atoms with Crippen molar-refractivity contribution < 1.29 is 14.3 Å². The molecule has 0 spiro atoms. The van der Waals surface area contributed by atoms with Crippen LogP contribution in [0.3, 0.4) is 0 Å². The molecule has 2 saturated heterocycles. The number of likely N-dealkylation sites (tertiary alicyclic amines) is 1. The normalized spacial score (nSPS) is 23.7. The molecule has 2 bridgehead atoms. The number of likely N-dealkylation sites (N-methyl/N-ethyl adjacent to an activating group) is 1. The van der Waals surface area contributed by atoms with Gasteiger partial charge in [0, 0.05) is 31.2 Å². The molecule has 2 heterocycles. The highest BCUT2D eigenvalue weighted by molar-refractivity contribution is 5.97. The van der Waals surface area contributed by atoms with Gasteiger partial charge in [-0.25, -0.2) is 0 Å². The summed E-state index contributed by atoms with van der Waals surface area (Å²) >= 11 is 0. The van der Waals surface area contributed by atoms with Gasteiger partial charge in [-0.05, 0) is 38.4 Å². The summed E-state index contributed by atoms with van der Waals surface area (Å²) in [6.07, 6.45) is 5.14. The second kappa shape index (κ2) is 7.26. The molecule has 2 aliphatic heterocycles. The number of carbonyl (C=O) groups is 1. The average Bonchev–Trinajstić information content (AvgIpc) is 2.84. The molecule has 0 aromatic heterocycles. The van der Waals surface area contributed by atoms with E-state index in [2.05, 4.69) is 18.5 Å². The topological polar surface area (TPSA) is 42.0 Å². The zero-order chi connectivity index (χ0) is 17.1. The quantitative estimate of drug-likeness (QED) is 0.778. The Labute approximate surface area is 143 Å². The highest BCUT2D eigenvalue weighted by Gasteiger charge is 2.36. The van der Waals surface area contributed by atoms with Gasteiger partial charge in [0.05, 0.1) is 12.7 Å². The van der Waals surface area contributed by atoms with Crippen LogP contribution < -0.4 is 9.47 Å². The summed E-state index contributed by atoms with van der Waals surface area (Å²) in [7, 11) is 3.79. The number of amides is 1. The maximum absolute atomic E-state index is 13.1. The molecule has 3 rings (SSSR count). The first-order valence-corrected chi connectivity index (χ1v) is 8.57. The van der Waals surface area contributed by atoms with E-state index in [1.807, 2.05) is 11.0 Å². The highest BCUT2D eigenvalue weighted by atomic mass is 16.5. The Morgan fingerprint density at radius 2 is 2.12 bits per heavy atom. The number of rotatable bonds is 5. The molecule has 2 fully saturated rings. The van der Waals surface area contributed by atoms with E-state index in [0.717, 1.165) is 19.5 Å². The third-order valence-corrected chi connectivity index (χ3v) is 5.21. The van der Waals surface area contributed by atoms with Crippen LogP contribution in [0.4, 0.5) is 0 Å². The minimum atomic E-state index is 0.0395. The molecule has 130 valence electrons. The van der Waals surface area contributed by atoms with Crippen molar-refractivity contribution in [1.29, 1.82) is 0 Å².